The number of para-hydroxylation sites is 1. The molecule has 1 fully saturated rings. The number of benzene rings is 2. The monoisotopic (exact) mass is 541 g/mol. The molecule has 1 saturated heterocycles. The number of fused-ring (bicyclic) bond motifs is 2. The minimum absolute atomic E-state index is 0.159. The molecule has 0 amide bonds. The number of likely N-dealkylation sites (tertiary alicyclic amines) is 1. The van der Waals surface area contributed by atoms with Crippen LogP contribution in [0.1, 0.15) is 87.8 Å². The fraction of sp³-hybridized carbons (Fsp3) is 0.543. The molecule has 1 aromatic heterocycles. The van der Waals surface area contributed by atoms with E-state index in [1.807, 2.05) is 0 Å². The van der Waals surface area contributed by atoms with Crippen molar-refractivity contribution in [3.63, 3.8) is 0 Å². The van der Waals surface area contributed by atoms with Gasteiger partial charge in [0.2, 0.25) is 0 Å². The zero-order valence-electron chi connectivity index (χ0n) is 26.1. The van der Waals surface area contributed by atoms with Crippen molar-refractivity contribution in [1.82, 2.24) is 14.4 Å². The molecule has 1 unspecified atom stereocenters. The first-order chi connectivity index (χ1) is 19.3. The smallest absolute Gasteiger partial charge is 0.143 e. The van der Waals surface area contributed by atoms with Crippen LogP contribution in [0.2, 0.25) is 0 Å². The maximum Gasteiger partial charge on any atom is 0.143 e. The van der Waals surface area contributed by atoms with Crippen molar-refractivity contribution in [2.45, 2.75) is 78.4 Å². The summed E-state index contributed by atoms with van der Waals surface area (Å²) >= 11 is 0. The molecular weight excluding hydrogens is 490 g/mol. The van der Waals surface area contributed by atoms with E-state index in [1.165, 1.54) is 63.9 Å². The van der Waals surface area contributed by atoms with Gasteiger partial charge in [0.1, 0.15) is 6.17 Å². The molecule has 216 valence electrons. The van der Waals surface area contributed by atoms with Gasteiger partial charge in [-0.05, 0) is 68.1 Å². The van der Waals surface area contributed by atoms with Gasteiger partial charge in [-0.2, -0.15) is 0 Å². The second-order valence-electron chi connectivity index (χ2n) is 12.1. The van der Waals surface area contributed by atoms with Crippen LogP contribution in [0.5, 0.6) is 0 Å². The van der Waals surface area contributed by atoms with E-state index in [-0.39, 0.29) is 6.17 Å². The molecule has 5 rings (SSSR count). The second-order valence-corrected chi connectivity index (χ2v) is 12.1. The summed E-state index contributed by atoms with van der Waals surface area (Å²) in [6, 6.07) is 14.2. The molecule has 0 aliphatic carbocycles. The van der Waals surface area contributed by atoms with Crippen molar-refractivity contribution in [2.75, 3.05) is 57.1 Å². The molecule has 5 heteroatoms. The lowest BCUT2D eigenvalue weighted by atomic mass is 9.90. The number of rotatable bonds is 12. The number of aromatic nitrogens is 1. The first kappa shape index (κ1) is 28.6. The Kier molecular flexibility index (Phi) is 8.51. The van der Waals surface area contributed by atoms with E-state index in [1.54, 1.807) is 0 Å². The normalized spacial score (nSPS) is 17.5. The lowest BCUT2D eigenvalue weighted by molar-refractivity contribution is 0.190. The molecular formula is C35H51N5. The van der Waals surface area contributed by atoms with Crippen LogP contribution in [0.15, 0.2) is 43.0 Å². The van der Waals surface area contributed by atoms with Crippen LogP contribution in [0.3, 0.4) is 0 Å². The molecule has 3 heterocycles. The second kappa shape index (κ2) is 11.9. The number of unbranched alkanes of at least 4 members (excludes halogenated alkanes) is 2. The lowest BCUT2D eigenvalue weighted by Gasteiger charge is -2.37. The van der Waals surface area contributed by atoms with Gasteiger partial charge in [0.15, 0.2) is 0 Å². The Labute approximate surface area is 243 Å². The quantitative estimate of drug-likeness (QED) is 0.218. The Hall–Kier alpha value is -2.92. The number of hydrogen-bond acceptors (Lipinski definition) is 4. The van der Waals surface area contributed by atoms with Gasteiger partial charge in [0, 0.05) is 63.8 Å². The summed E-state index contributed by atoms with van der Waals surface area (Å²) < 4.78 is 2.64. The van der Waals surface area contributed by atoms with E-state index in [0.717, 1.165) is 51.3 Å². The van der Waals surface area contributed by atoms with Gasteiger partial charge in [-0.1, -0.05) is 58.4 Å². The van der Waals surface area contributed by atoms with E-state index in [0.29, 0.717) is 5.92 Å². The zero-order chi connectivity index (χ0) is 28.6. The number of anilines is 2. The minimum Gasteiger partial charge on any atom is -0.372 e. The predicted molar refractivity (Wildman–Crippen MR) is 174 cm³/mol. The Morgan fingerprint density at radius 2 is 1.73 bits per heavy atom. The highest BCUT2D eigenvalue weighted by atomic mass is 15.4. The van der Waals surface area contributed by atoms with E-state index < -0.39 is 0 Å². The van der Waals surface area contributed by atoms with E-state index >= 15 is 0 Å². The number of aryl methyl sites for hydroxylation is 2. The molecule has 0 N–H and O–H groups in total. The van der Waals surface area contributed by atoms with Crippen molar-refractivity contribution < 1.29 is 0 Å². The third-order valence-electron chi connectivity index (χ3n) is 9.34. The third kappa shape index (κ3) is 4.91. The molecule has 3 aromatic rings. The maximum absolute atomic E-state index is 4.60. The summed E-state index contributed by atoms with van der Waals surface area (Å²) in [6.07, 6.45) is 6.03. The lowest BCUT2D eigenvalue weighted by Crippen LogP contribution is -2.41. The van der Waals surface area contributed by atoms with E-state index in [9.17, 15) is 0 Å². The number of likely N-dealkylation sites (N-methyl/N-ethyl adjacent to an activating group) is 1. The molecule has 1 atom stereocenters. The first-order valence-electron chi connectivity index (χ1n) is 15.7. The minimum atomic E-state index is 0.159. The molecule has 2 aliphatic heterocycles. The highest BCUT2D eigenvalue weighted by Crippen LogP contribution is 2.49. The molecule has 2 aromatic carbocycles. The van der Waals surface area contributed by atoms with Crippen LogP contribution in [-0.2, 0) is 13.0 Å². The SMILES string of the molecule is C=C(c1cc(CC)c2c(c1)N(C)C(c1cc3cccc(C4CN(C)C4)c3n1CCC)N2C)N(CC)CCCCC. The van der Waals surface area contributed by atoms with E-state index in [2.05, 4.69) is 116 Å². The molecule has 40 heavy (non-hydrogen) atoms. The average molecular weight is 542 g/mol. The predicted octanol–water partition coefficient (Wildman–Crippen LogP) is 7.71. The molecule has 0 spiro atoms. The standard InChI is InChI=1S/C35H51N5/c1-9-13-14-19-39(12-4)25(5)28-20-26(11-3)34-31(22-28)37(7)35(38(34)8)32-21-27-16-15-17-30(29-23-36(6)24-29)33(27)40(32)18-10-2/h15-17,20-22,29,35H,5,9-14,18-19,23-24H2,1-4,6-8H3. The fourth-order valence-electron chi connectivity index (χ4n) is 7.20. The molecule has 0 saturated carbocycles. The molecule has 0 bridgehead atoms. The summed E-state index contributed by atoms with van der Waals surface area (Å²) in [4.78, 5) is 9.92. The van der Waals surface area contributed by atoms with Gasteiger partial charge in [-0.15, -0.1) is 0 Å². The van der Waals surface area contributed by atoms with Crippen molar-refractivity contribution >= 4 is 28.0 Å². The van der Waals surface area contributed by atoms with Crippen molar-refractivity contribution in [3.05, 3.63) is 65.4 Å². The molecule has 2 aliphatic rings. The Balaban J connectivity index is 1.55. The summed E-state index contributed by atoms with van der Waals surface area (Å²) in [6.45, 7) is 19.1. The van der Waals surface area contributed by atoms with Crippen molar-refractivity contribution in [3.8, 4) is 0 Å². The van der Waals surface area contributed by atoms with Crippen LogP contribution in [0, 0.1) is 0 Å². The summed E-state index contributed by atoms with van der Waals surface area (Å²) in [5.74, 6) is 0.627. The van der Waals surface area contributed by atoms with Crippen LogP contribution in [0.4, 0.5) is 11.4 Å². The van der Waals surface area contributed by atoms with Gasteiger partial charge < -0.3 is 24.2 Å². The largest absolute Gasteiger partial charge is 0.372 e. The van der Waals surface area contributed by atoms with Crippen LogP contribution >= 0.6 is 0 Å². The summed E-state index contributed by atoms with van der Waals surface area (Å²) in [7, 11) is 6.80. The first-order valence-corrected chi connectivity index (χ1v) is 15.7. The van der Waals surface area contributed by atoms with Gasteiger partial charge in [-0.3, -0.25) is 0 Å². The number of nitrogens with zero attached hydrogens (tertiary/aromatic N) is 5. The summed E-state index contributed by atoms with van der Waals surface area (Å²) in [5, 5.41) is 1.38. The van der Waals surface area contributed by atoms with Crippen LogP contribution in [-0.4, -0.2) is 61.7 Å². The van der Waals surface area contributed by atoms with Crippen molar-refractivity contribution in [1.29, 1.82) is 0 Å². The van der Waals surface area contributed by atoms with Gasteiger partial charge in [0.25, 0.3) is 0 Å². The van der Waals surface area contributed by atoms with E-state index in [4.69, 9.17) is 0 Å². The summed E-state index contributed by atoms with van der Waals surface area (Å²) in [5.41, 5.74) is 10.9. The molecule has 5 nitrogen and oxygen atoms in total. The maximum atomic E-state index is 4.60. The Morgan fingerprint density at radius 3 is 2.38 bits per heavy atom. The van der Waals surface area contributed by atoms with Crippen LogP contribution in [0.25, 0.3) is 16.6 Å². The van der Waals surface area contributed by atoms with Gasteiger partial charge in [-0.25, -0.2) is 0 Å². The highest BCUT2D eigenvalue weighted by Gasteiger charge is 2.37. The Bertz CT molecular complexity index is 1350. The topological polar surface area (TPSA) is 17.9 Å². The highest BCUT2D eigenvalue weighted by molar-refractivity contribution is 5.88. The van der Waals surface area contributed by atoms with Crippen LogP contribution < -0.4 is 9.80 Å². The molecule has 0 radical (unpaired) electrons. The fourth-order valence-corrected chi connectivity index (χ4v) is 7.20. The van der Waals surface area contributed by atoms with Crippen molar-refractivity contribution in [2.24, 2.45) is 0 Å². The van der Waals surface area contributed by atoms with Gasteiger partial charge >= 0.3 is 0 Å². The zero-order valence-corrected chi connectivity index (χ0v) is 26.1. The Morgan fingerprint density at radius 1 is 0.950 bits per heavy atom. The third-order valence-corrected chi connectivity index (χ3v) is 9.34. The average Bonchev–Trinajstić information content (AvgIpc) is 3.42. The van der Waals surface area contributed by atoms with Gasteiger partial charge in [0.05, 0.1) is 22.6 Å². The number of hydrogen-bond donors (Lipinski definition) is 0.